The minimum absolute atomic E-state index is 0.133. The average Bonchev–Trinajstić information content (AvgIpc) is 3.46. The Kier molecular flexibility index (Phi) is 6.43. The van der Waals surface area contributed by atoms with Gasteiger partial charge in [0.15, 0.2) is 0 Å². The summed E-state index contributed by atoms with van der Waals surface area (Å²) in [4.78, 5) is 25.1. The lowest BCUT2D eigenvalue weighted by atomic mass is 10.1. The number of hydroxylamine groups is 1. The number of anilines is 2. The van der Waals surface area contributed by atoms with E-state index in [4.69, 9.17) is 9.57 Å². The predicted octanol–water partition coefficient (Wildman–Crippen LogP) is 3.11. The Morgan fingerprint density at radius 2 is 1.91 bits per heavy atom. The zero-order valence-corrected chi connectivity index (χ0v) is 19.7. The standard InChI is InChI=1S/C26H31FN4O3/c1-18(2)33-25-6-4-3-5-24(25)30-13-11-29(12-14-30)17-21-16-22(28-34-21)26(32)31-10-9-19-15-20(27)7-8-23(19)31/h3-8,15-16,18,21,28H,9-14,17H2,1-2H3. The van der Waals surface area contributed by atoms with Crippen LogP contribution in [0.25, 0.3) is 0 Å². The molecule has 1 N–H and O–H groups in total. The fraction of sp³-hybridized carbons (Fsp3) is 0.423. The van der Waals surface area contributed by atoms with Crippen molar-refractivity contribution in [1.29, 1.82) is 0 Å². The number of piperazine rings is 1. The molecule has 0 radical (unpaired) electrons. The van der Waals surface area contributed by atoms with Crippen LogP contribution in [-0.4, -0.2) is 62.3 Å². The van der Waals surface area contributed by atoms with E-state index in [1.165, 1.54) is 12.1 Å². The summed E-state index contributed by atoms with van der Waals surface area (Å²) < 4.78 is 19.5. The lowest BCUT2D eigenvalue weighted by Gasteiger charge is -2.37. The van der Waals surface area contributed by atoms with Crippen LogP contribution in [0.2, 0.25) is 0 Å². The number of carbonyl (C=O) groups is 1. The molecule has 1 amide bonds. The number of para-hydroxylation sites is 2. The number of halogens is 1. The number of amides is 1. The van der Waals surface area contributed by atoms with E-state index in [-0.39, 0.29) is 23.9 Å². The lowest BCUT2D eigenvalue weighted by Crippen LogP contribution is -2.48. The quantitative estimate of drug-likeness (QED) is 0.706. The van der Waals surface area contributed by atoms with Gasteiger partial charge in [0.05, 0.1) is 11.8 Å². The molecule has 1 saturated heterocycles. The smallest absolute Gasteiger partial charge is 0.276 e. The summed E-state index contributed by atoms with van der Waals surface area (Å²) in [5.74, 6) is 0.511. The fourth-order valence-corrected chi connectivity index (χ4v) is 4.82. The van der Waals surface area contributed by atoms with Gasteiger partial charge in [-0.15, -0.1) is 0 Å². The molecule has 0 aliphatic carbocycles. The van der Waals surface area contributed by atoms with Gasteiger partial charge in [-0.05, 0) is 62.2 Å². The number of nitrogens with one attached hydrogen (secondary N) is 1. The molecule has 34 heavy (non-hydrogen) atoms. The van der Waals surface area contributed by atoms with Crippen molar-refractivity contribution < 1.29 is 18.8 Å². The molecule has 8 heteroatoms. The van der Waals surface area contributed by atoms with Crippen molar-refractivity contribution in [2.24, 2.45) is 0 Å². The van der Waals surface area contributed by atoms with Crippen molar-refractivity contribution >= 4 is 17.3 Å². The Bertz CT molecular complexity index is 1080. The number of hydrogen-bond donors (Lipinski definition) is 1. The summed E-state index contributed by atoms with van der Waals surface area (Å²) in [5, 5.41) is 0. The molecule has 180 valence electrons. The topological polar surface area (TPSA) is 57.3 Å². The average molecular weight is 467 g/mol. The van der Waals surface area contributed by atoms with Crippen molar-refractivity contribution in [3.63, 3.8) is 0 Å². The van der Waals surface area contributed by atoms with Crippen LogP contribution in [0.5, 0.6) is 5.75 Å². The van der Waals surface area contributed by atoms with Crippen molar-refractivity contribution in [3.05, 3.63) is 65.6 Å². The first-order valence-corrected chi connectivity index (χ1v) is 11.9. The normalized spacial score (nSPS) is 20.4. The third kappa shape index (κ3) is 4.74. The molecule has 0 aromatic heterocycles. The fourth-order valence-electron chi connectivity index (χ4n) is 4.82. The Morgan fingerprint density at radius 3 is 2.71 bits per heavy atom. The predicted molar refractivity (Wildman–Crippen MR) is 129 cm³/mol. The van der Waals surface area contributed by atoms with Gasteiger partial charge < -0.3 is 14.5 Å². The molecule has 2 aromatic carbocycles. The van der Waals surface area contributed by atoms with Gasteiger partial charge >= 0.3 is 0 Å². The van der Waals surface area contributed by atoms with Crippen molar-refractivity contribution in [2.75, 3.05) is 49.1 Å². The number of rotatable bonds is 6. The van der Waals surface area contributed by atoms with Crippen LogP contribution >= 0.6 is 0 Å². The second kappa shape index (κ2) is 9.64. The van der Waals surface area contributed by atoms with E-state index < -0.39 is 0 Å². The lowest BCUT2D eigenvalue weighted by molar-refractivity contribution is -0.116. The Balaban J connectivity index is 1.16. The summed E-state index contributed by atoms with van der Waals surface area (Å²) in [5.41, 5.74) is 6.03. The molecule has 7 nitrogen and oxygen atoms in total. The molecule has 1 unspecified atom stereocenters. The van der Waals surface area contributed by atoms with Gasteiger partial charge in [-0.3, -0.25) is 20.0 Å². The van der Waals surface area contributed by atoms with E-state index in [1.807, 2.05) is 38.1 Å². The first kappa shape index (κ1) is 22.7. The van der Waals surface area contributed by atoms with Crippen LogP contribution < -0.4 is 20.0 Å². The third-order valence-corrected chi connectivity index (χ3v) is 6.46. The van der Waals surface area contributed by atoms with E-state index in [2.05, 4.69) is 21.3 Å². The van der Waals surface area contributed by atoms with Gasteiger partial charge in [0.2, 0.25) is 0 Å². The highest BCUT2D eigenvalue weighted by Gasteiger charge is 2.31. The first-order chi connectivity index (χ1) is 16.5. The maximum Gasteiger partial charge on any atom is 0.276 e. The molecule has 0 saturated carbocycles. The van der Waals surface area contributed by atoms with E-state index in [1.54, 1.807) is 11.0 Å². The van der Waals surface area contributed by atoms with Crippen molar-refractivity contribution in [2.45, 2.75) is 32.5 Å². The highest BCUT2D eigenvalue weighted by molar-refractivity contribution is 6.06. The third-order valence-electron chi connectivity index (χ3n) is 6.46. The van der Waals surface area contributed by atoms with E-state index in [9.17, 15) is 9.18 Å². The van der Waals surface area contributed by atoms with E-state index in [0.717, 1.165) is 48.9 Å². The molecule has 1 fully saturated rings. The SMILES string of the molecule is CC(C)Oc1ccccc1N1CCN(CC2C=C(C(=O)N3CCc4cc(F)ccc43)NO2)CC1. The van der Waals surface area contributed by atoms with Crippen molar-refractivity contribution in [1.82, 2.24) is 10.4 Å². The molecule has 0 bridgehead atoms. The van der Waals surface area contributed by atoms with Gasteiger partial charge in [0.1, 0.15) is 23.4 Å². The Morgan fingerprint density at radius 1 is 1.12 bits per heavy atom. The van der Waals surface area contributed by atoms with Crippen LogP contribution in [0, 0.1) is 5.82 Å². The van der Waals surface area contributed by atoms with Crippen LogP contribution in [0.3, 0.4) is 0 Å². The highest BCUT2D eigenvalue weighted by atomic mass is 19.1. The second-order valence-corrected chi connectivity index (χ2v) is 9.24. The summed E-state index contributed by atoms with van der Waals surface area (Å²) in [6, 6.07) is 12.8. The van der Waals surface area contributed by atoms with Gasteiger partial charge in [0, 0.05) is 45.0 Å². The number of hydrogen-bond acceptors (Lipinski definition) is 6. The first-order valence-electron chi connectivity index (χ1n) is 11.9. The highest BCUT2D eigenvalue weighted by Crippen LogP contribution is 2.31. The van der Waals surface area contributed by atoms with Crippen LogP contribution in [0.15, 0.2) is 54.2 Å². The van der Waals surface area contributed by atoms with Gasteiger partial charge in [-0.2, -0.15) is 0 Å². The molecule has 5 rings (SSSR count). The summed E-state index contributed by atoms with van der Waals surface area (Å²) >= 11 is 0. The number of fused-ring (bicyclic) bond motifs is 1. The van der Waals surface area contributed by atoms with Crippen LogP contribution in [0.1, 0.15) is 19.4 Å². The largest absolute Gasteiger partial charge is 0.489 e. The monoisotopic (exact) mass is 466 g/mol. The maximum atomic E-state index is 13.5. The van der Waals surface area contributed by atoms with Crippen LogP contribution in [0.4, 0.5) is 15.8 Å². The minimum Gasteiger partial charge on any atom is -0.489 e. The number of ether oxygens (including phenoxy) is 1. The van der Waals surface area contributed by atoms with E-state index >= 15 is 0 Å². The number of carbonyl (C=O) groups excluding carboxylic acids is 1. The molecule has 3 aliphatic heterocycles. The molecule has 1 atom stereocenters. The molecule has 3 aliphatic rings. The van der Waals surface area contributed by atoms with Gasteiger partial charge in [-0.1, -0.05) is 12.1 Å². The second-order valence-electron chi connectivity index (χ2n) is 9.24. The summed E-state index contributed by atoms with van der Waals surface area (Å²) in [7, 11) is 0. The van der Waals surface area contributed by atoms with Gasteiger partial charge in [0.25, 0.3) is 5.91 Å². The summed E-state index contributed by atoms with van der Waals surface area (Å²) in [6.07, 6.45) is 2.46. The zero-order valence-electron chi connectivity index (χ0n) is 19.7. The molecule has 0 spiro atoms. The number of nitrogens with zero attached hydrogens (tertiary/aromatic N) is 3. The molecule has 3 heterocycles. The van der Waals surface area contributed by atoms with Crippen molar-refractivity contribution in [3.8, 4) is 5.75 Å². The maximum absolute atomic E-state index is 13.5. The van der Waals surface area contributed by atoms with Gasteiger partial charge in [-0.25, -0.2) is 4.39 Å². The summed E-state index contributed by atoms with van der Waals surface area (Å²) in [6.45, 7) is 8.94. The van der Waals surface area contributed by atoms with E-state index in [0.29, 0.717) is 25.2 Å². The van der Waals surface area contributed by atoms with Crippen LogP contribution in [-0.2, 0) is 16.1 Å². The molecular formula is C26H31FN4O3. The Hall–Kier alpha value is -3.10. The molecule has 2 aromatic rings. The minimum atomic E-state index is -0.273. The number of benzene rings is 2. The zero-order chi connectivity index (χ0) is 23.7. The molecular weight excluding hydrogens is 435 g/mol. The Labute approximate surface area is 199 Å².